The van der Waals surface area contributed by atoms with Gasteiger partial charge in [-0.15, -0.1) is 0 Å². The average molecular weight is 351 g/mol. The van der Waals surface area contributed by atoms with Gasteiger partial charge in [-0.05, 0) is 17.9 Å². The van der Waals surface area contributed by atoms with Gasteiger partial charge >= 0.3 is 5.69 Å². The zero-order valence-corrected chi connectivity index (χ0v) is 14.2. The standard InChI is InChI=1S/C14H17N5O4S/c1-4-24-13(17-11(20)8-6-5-7-23-8)16-9-10(15)18(2)14(22)19(3)12(9)21/h5-7H,4,15H2,1-3H3,(H,16,17,20). The number of furan rings is 1. The fourth-order valence-electron chi connectivity index (χ4n) is 1.85. The Labute approximate surface area is 141 Å². The highest BCUT2D eigenvalue weighted by molar-refractivity contribution is 8.13. The van der Waals surface area contributed by atoms with E-state index < -0.39 is 17.2 Å². The minimum atomic E-state index is -0.642. The lowest BCUT2D eigenvalue weighted by Gasteiger charge is -2.10. The van der Waals surface area contributed by atoms with Crippen molar-refractivity contribution in [1.82, 2.24) is 14.5 Å². The number of nitrogen functional groups attached to an aromatic ring is 1. The first-order valence-electron chi connectivity index (χ1n) is 6.98. The Morgan fingerprint density at radius 1 is 1.38 bits per heavy atom. The highest BCUT2D eigenvalue weighted by atomic mass is 32.2. The van der Waals surface area contributed by atoms with Gasteiger partial charge in [0.2, 0.25) is 0 Å². The molecule has 0 saturated carbocycles. The molecule has 2 aromatic heterocycles. The van der Waals surface area contributed by atoms with Crippen LogP contribution in [0.2, 0.25) is 0 Å². The van der Waals surface area contributed by atoms with E-state index in [2.05, 4.69) is 10.3 Å². The number of amidine groups is 1. The predicted octanol–water partition coefficient (Wildman–Crippen LogP) is 0.430. The van der Waals surface area contributed by atoms with Crippen molar-refractivity contribution in [3.05, 3.63) is 45.0 Å². The fraction of sp³-hybridized carbons (Fsp3) is 0.286. The molecular weight excluding hydrogens is 334 g/mol. The Hall–Kier alpha value is -2.75. The summed E-state index contributed by atoms with van der Waals surface area (Å²) in [6.45, 7) is 1.86. The van der Waals surface area contributed by atoms with Gasteiger partial charge in [0, 0.05) is 14.1 Å². The maximum atomic E-state index is 12.2. The molecule has 0 aromatic carbocycles. The molecule has 0 unspecified atom stereocenters. The topological polar surface area (TPSA) is 125 Å². The molecular formula is C14H17N5O4S. The van der Waals surface area contributed by atoms with Gasteiger partial charge < -0.3 is 10.2 Å². The summed E-state index contributed by atoms with van der Waals surface area (Å²) in [5.41, 5.74) is 4.51. The number of thioether (sulfide) groups is 1. The summed E-state index contributed by atoms with van der Waals surface area (Å²) in [5.74, 6) is 0.133. The van der Waals surface area contributed by atoms with Crippen molar-refractivity contribution in [1.29, 1.82) is 0 Å². The number of hydrogen-bond donors (Lipinski definition) is 2. The zero-order chi connectivity index (χ0) is 17.9. The molecule has 0 atom stereocenters. The van der Waals surface area contributed by atoms with Gasteiger partial charge in [-0.1, -0.05) is 18.7 Å². The van der Waals surface area contributed by atoms with Gasteiger partial charge in [0.25, 0.3) is 11.5 Å². The summed E-state index contributed by atoms with van der Waals surface area (Å²) in [5, 5.41) is 2.75. The molecule has 0 saturated heterocycles. The maximum Gasteiger partial charge on any atom is 0.332 e. The highest BCUT2D eigenvalue weighted by Crippen LogP contribution is 2.16. The van der Waals surface area contributed by atoms with Crippen molar-refractivity contribution < 1.29 is 9.21 Å². The van der Waals surface area contributed by atoms with Crippen molar-refractivity contribution >= 4 is 34.3 Å². The SMILES string of the molecule is CCSC(=Nc1c(N)n(C)c(=O)n(C)c1=O)NC(=O)c1ccco1. The summed E-state index contributed by atoms with van der Waals surface area (Å²) in [6, 6.07) is 3.09. The normalized spacial score (nSPS) is 11.5. The molecule has 0 spiro atoms. The second kappa shape index (κ2) is 7.21. The monoisotopic (exact) mass is 351 g/mol. The first-order chi connectivity index (χ1) is 11.4. The quantitative estimate of drug-likeness (QED) is 0.610. The molecule has 0 aliphatic heterocycles. The van der Waals surface area contributed by atoms with Crippen molar-refractivity contribution in [2.45, 2.75) is 6.92 Å². The first kappa shape index (κ1) is 17.6. The van der Waals surface area contributed by atoms with E-state index in [1.54, 1.807) is 6.07 Å². The molecule has 3 N–H and O–H groups in total. The van der Waals surface area contributed by atoms with Crippen LogP contribution in [0.1, 0.15) is 17.5 Å². The van der Waals surface area contributed by atoms with Crippen molar-refractivity contribution in [3.63, 3.8) is 0 Å². The largest absolute Gasteiger partial charge is 0.459 e. The number of amides is 1. The number of nitrogens with zero attached hydrogens (tertiary/aromatic N) is 3. The van der Waals surface area contributed by atoms with Gasteiger partial charge in [0.15, 0.2) is 16.6 Å². The van der Waals surface area contributed by atoms with Crippen LogP contribution in [0.5, 0.6) is 0 Å². The number of nitrogens with one attached hydrogen (secondary N) is 1. The van der Waals surface area contributed by atoms with Crippen LogP contribution >= 0.6 is 11.8 Å². The van der Waals surface area contributed by atoms with E-state index in [-0.39, 0.29) is 22.4 Å². The van der Waals surface area contributed by atoms with E-state index in [9.17, 15) is 14.4 Å². The summed E-state index contributed by atoms with van der Waals surface area (Å²) < 4.78 is 7.03. The van der Waals surface area contributed by atoms with Crippen LogP contribution in [0.3, 0.4) is 0 Å². The summed E-state index contributed by atoms with van der Waals surface area (Å²) in [4.78, 5) is 40.3. The number of rotatable bonds is 3. The lowest BCUT2D eigenvalue weighted by atomic mass is 10.4. The summed E-state index contributed by atoms with van der Waals surface area (Å²) in [7, 11) is 2.77. The minimum absolute atomic E-state index is 0.0791. The average Bonchev–Trinajstić information content (AvgIpc) is 3.10. The van der Waals surface area contributed by atoms with Gasteiger partial charge in [-0.25, -0.2) is 9.79 Å². The number of anilines is 1. The van der Waals surface area contributed by atoms with Crippen LogP contribution in [0.15, 0.2) is 37.4 Å². The van der Waals surface area contributed by atoms with Crippen molar-refractivity contribution in [2.24, 2.45) is 19.1 Å². The van der Waals surface area contributed by atoms with Crippen LogP contribution in [0, 0.1) is 0 Å². The third-order valence-electron chi connectivity index (χ3n) is 3.14. The molecule has 24 heavy (non-hydrogen) atoms. The molecule has 9 nitrogen and oxygen atoms in total. The molecule has 2 rings (SSSR count). The third kappa shape index (κ3) is 3.43. The Bertz CT molecular complexity index is 895. The van der Waals surface area contributed by atoms with E-state index in [4.69, 9.17) is 10.2 Å². The lowest BCUT2D eigenvalue weighted by Crippen LogP contribution is -2.38. The number of aromatic nitrogens is 2. The van der Waals surface area contributed by atoms with E-state index >= 15 is 0 Å². The molecule has 2 aromatic rings. The van der Waals surface area contributed by atoms with Gasteiger partial charge in [0.1, 0.15) is 5.82 Å². The molecule has 0 aliphatic carbocycles. The van der Waals surface area contributed by atoms with E-state index in [0.29, 0.717) is 5.75 Å². The van der Waals surface area contributed by atoms with E-state index in [0.717, 1.165) is 9.13 Å². The number of hydrogen-bond acceptors (Lipinski definition) is 7. The van der Waals surface area contributed by atoms with Crippen molar-refractivity contribution in [2.75, 3.05) is 11.5 Å². The maximum absolute atomic E-state index is 12.2. The molecule has 128 valence electrons. The van der Waals surface area contributed by atoms with Crippen LogP contribution in [0.4, 0.5) is 11.5 Å². The zero-order valence-electron chi connectivity index (χ0n) is 13.4. The van der Waals surface area contributed by atoms with Crippen LogP contribution in [-0.2, 0) is 14.1 Å². The molecule has 0 radical (unpaired) electrons. The third-order valence-corrected chi connectivity index (χ3v) is 3.90. The molecule has 2 heterocycles. The van der Waals surface area contributed by atoms with Gasteiger partial charge in [-0.2, -0.15) is 0 Å². The second-order valence-corrected chi connectivity index (χ2v) is 5.97. The number of carbonyl (C=O) groups is 1. The van der Waals surface area contributed by atoms with E-state index in [1.165, 1.54) is 38.2 Å². The smallest absolute Gasteiger partial charge is 0.332 e. The minimum Gasteiger partial charge on any atom is -0.459 e. The molecule has 0 bridgehead atoms. The van der Waals surface area contributed by atoms with Gasteiger partial charge in [-0.3, -0.25) is 24.0 Å². The van der Waals surface area contributed by atoms with Crippen LogP contribution in [0.25, 0.3) is 0 Å². The Kier molecular flexibility index (Phi) is 5.29. The first-order valence-corrected chi connectivity index (χ1v) is 7.97. The van der Waals surface area contributed by atoms with Crippen LogP contribution < -0.4 is 22.3 Å². The Balaban J connectivity index is 2.47. The summed E-state index contributed by atoms with van der Waals surface area (Å²) in [6.07, 6.45) is 1.37. The number of nitrogens with two attached hydrogens (primary N) is 1. The van der Waals surface area contributed by atoms with Crippen LogP contribution in [-0.4, -0.2) is 26.0 Å². The van der Waals surface area contributed by atoms with E-state index in [1.807, 2.05) is 6.92 Å². The summed E-state index contributed by atoms with van der Waals surface area (Å²) >= 11 is 1.22. The molecule has 1 amide bonds. The number of aliphatic imine (C=N–C) groups is 1. The predicted molar refractivity (Wildman–Crippen MR) is 92.7 cm³/mol. The molecule has 10 heteroatoms. The Morgan fingerprint density at radius 2 is 2.08 bits per heavy atom. The molecule has 0 fully saturated rings. The number of carbonyl (C=O) groups excluding carboxylic acids is 1. The Morgan fingerprint density at radius 3 is 2.67 bits per heavy atom. The van der Waals surface area contributed by atoms with Crippen molar-refractivity contribution in [3.8, 4) is 0 Å². The van der Waals surface area contributed by atoms with Gasteiger partial charge in [0.05, 0.1) is 6.26 Å². The highest BCUT2D eigenvalue weighted by Gasteiger charge is 2.16. The second-order valence-electron chi connectivity index (χ2n) is 4.72. The molecule has 0 aliphatic rings. The fourth-order valence-corrected chi connectivity index (χ4v) is 2.44. The lowest BCUT2D eigenvalue weighted by molar-refractivity contribution is 0.0951.